The lowest BCUT2D eigenvalue weighted by molar-refractivity contribution is -0.128. The minimum atomic E-state index is -0.0708. The number of rotatable bonds is 2. The van der Waals surface area contributed by atoms with Crippen LogP contribution in [0.4, 0.5) is 0 Å². The van der Waals surface area contributed by atoms with Crippen molar-refractivity contribution in [1.29, 1.82) is 0 Å². The van der Waals surface area contributed by atoms with E-state index in [2.05, 4.69) is 4.98 Å². The van der Waals surface area contributed by atoms with Crippen LogP contribution in [0.25, 0.3) is 10.9 Å². The van der Waals surface area contributed by atoms with Crippen molar-refractivity contribution in [3.63, 3.8) is 0 Å². The zero-order chi connectivity index (χ0) is 11.8. The third-order valence-electron chi connectivity index (χ3n) is 3.10. The predicted molar refractivity (Wildman–Crippen MR) is 63.3 cm³/mol. The van der Waals surface area contributed by atoms with E-state index in [-0.39, 0.29) is 24.7 Å². The number of aromatic amines is 1. The molecule has 86 valence electrons. The minimum Gasteiger partial charge on any atom is -0.361 e. The maximum Gasteiger partial charge on any atom is 0.230 e. The highest BCUT2D eigenvalue weighted by molar-refractivity contribution is 6.05. The molecular weight excluding hydrogens is 216 g/mol. The molecule has 4 heteroatoms. The number of hydrogen-bond donors (Lipinski definition) is 1. The highest BCUT2D eigenvalue weighted by Crippen LogP contribution is 2.20. The Morgan fingerprint density at radius 2 is 2.12 bits per heavy atom. The van der Waals surface area contributed by atoms with E-state index in [0.29, 0.717) is 6.54 Å². The van der Waals surface area contributed by atoms with Gasteiger partial charge in [0.05, 0.1) is 18.5 Å². The van der Waals surface area contributed by atoms with E-state index >= 15 is 0 Å². The summed E-state index contributed by atoms with van der Waals surface area (Å²) in [6, 6.07) is 7.96. The summed E-state index contributed by atoms with van der Waals surface area (Å²) in [6.07, 6.45) is 1.94. The highest BCUT2D eigenvalue weighted by Gasteiger charge is 2.27. The lowest BCUT2D eigenvalue weighted by Gasteiger charge is -2.15. The van der Waals surface area contributed by atoms with E-state index in [9.17, 15) is 9.59 Å². The Bertz CT molecular complexity index is 600. The topological polar surface area (TPSA) is 53.2 Å². The highest BCUT2D eigenvalue weighted by atomic mass is 16.2. The maximum absolute atomic E-state index is 11.6. The number of ketones is 1. The Morgan fingerprint density at radius 1 is 1.24 bits per heavy atom. The van der Waals surface area contributed by atoms with Crippen LogP contribution < -0.4 is 0 Å². The number of fused-ring (bicyclic) bond motifs is 1. The van der Waals surface area contributed by atoms with E-state index < -0.39 is 0 Å². The van der Waals surface area contributed by atoms with Gasteiger partial charge in [-0.3, -0.25) is 9.59 Å². The number of nitrogens with one attached hydrogen (secondary N) is 1. The number of likely N-dealkylation sites (tertiary alicyclic amines) is 1. The van der Waals surface area contributed by atoms with E-state index in [4.69, 9.17) is 0 Å². The van der Waals surface area contributed by atoms with Crippen molar-refractivity contribution in [2.45, 2.75) is 13.0 Å². The minimum absolute atomic E-state index is 0.00802. The molecule has 0 unspecified atom stereocenters. The Labute approximate surface area is 98.2 Å². The first kappa shape index (κ1) is 10.1. The van der Waals surface area contributed by atoms with Crippen LogP contribution in [0, 0.1) is 0 Å². The number of H-pyrrole nitrogens is 1. The Hall–Kier alpha value is -2.10. The van der Waals surface area contributed by atoms with Crippen molar-refractivity contribution < 1.29 is 9.59 Å². The lowest BCUT2D eigenvalue weighted by Crippen LogP contribution is -2.24. The molecular formula is C13H12N2O2. The molecule has 17 heavy (non-hydrogen) atoms. The molecule has 1 fully saturated rings. The number of amides is 1. The molecule has 3 rings (SSSR count). The molecule has 1 aliphatic heterocycles. The summed E-state index contributed by atoms with van der Waals surface area (Å²) in [4.78, 5) is 27.5. The Morgan fingerprint density at radius 3 is 2.88 bits per heavy atom. The molecule has 1 N–H and O–H groups in total. The SMILES string of the molecule is O=C1CC(=O)N(Cc2cccc3cc[nH]c23)C1. The van der Waals surface area contributed by atoms with Crippen molar-refractivity contribution in [2.75, 3.05) is 6.54 Å². The molecule has 2 heterocycles. The van der Waals surface area contributed by atoms with Gasteiger partial charge in [0.1, 0.15) is 0 Å². The standard InChI is InChI=1S/C13H12N2O2/c16-11-6-12(17)15(8-11)7-10-3-1-2-9-4-5-14-13(9)10/h1-5,14H,6-8H2. The summed E-state index contributed by atoms with van der Waals surface area (Å²) < 4.78 is 0. The molecule has 0 bridgehead atoms. The van der Waals surface area contributed by atoms with Gasteiger partial charge in [0.2, 0.25) is 5.91 Å². The van der Waals surface area contributed by atoms with Gasteiger partial charge in [-0.15, -0.1) is 0 Å². The fourth-order valence-electron chi connectivity index (χ4n) is 2.27. The molecule has 2 aromatic rings. The van der Waals surface area contributed by atoms with Crippen LogP contribution in [0.3, 0.4) is 0 Å². The summed E-state index contributed by atoms with van der Waals surface area (Å²) >= 11 is 0. The molecule has 0 atom stereocenters. The molecule has 1 aromatic heterocycles. The number of hydrogen-bond acceptors (Lipinski definition) is 2. The number of carbonyl (C=O) groups is 2. The van der Waals surface area contributed by atoms with Gasteiger partial charge in [-0.2, -0.15) is 0 Å². The van der Waals surface area contributed by atoms with E-state index in [1.165, 1.54) is 0 Å². The number of benzene rings is 1. The van der Waals surface area contributed by atoms with Crippen LogP contribution in [0.1, 0.15) is 12.0 Å². The fourth-order valence-corrected chi connectivity index (χ4v) is 2.27. The second-order valence-corrected chi connectivity index (χ2v) is 4.32. The normalized spacial score (nSPS) is 16.1. The third-order valence-corrected chi connectivity index (χ3v) is 3.10. The summed E-state index contributed by atoms with van der Waals surface area (Å²) in [6.45, 7) is 0.748. The summed E-state index contributed by atoms with van der Waals surface area (Å²) in [5.74, 6) is -0.0628. The molecule has 1 aromatic carbocycles. The lowest BCUT2D eigenvalue weighted by atomic mass is 10.1. The van der Waals surface area contributed by atoms with Crippen molar-refractivity contribution >= 4 is 22.6 Å². The van der Waals surface area contributed by atoms with Gasteiger partial charge in [0.15, 0.2) is 5.78 Å². The molecule has 0 aliphatic carbocycles. The Balaban J connectivity index is 1.92. The molecule has 1 aliphatic rings. The number of Topliss-reactive ketones (excluding diaryl/α,β-unsaturated/α-hetero) is 1. The quantitative estimate of drug-likeness (QED) is 0.791. The van der Waals surface area contributed by atoms with E-state index in [1.54, 1.807) is 4.90 Å². The van der Waals surface area contributed by atoms with Gasteiger partial charge in [0.25, 0.3) is 0 Å². The Kier molecular flexibility index (Phi) is 2.21. The zero-order valence-corrected chi connectivity index (χ0v) is 9.27. The van der Waals surface area contributed by atoms with Gasteiger partial charge in [-0.25, -0.2) is 0 Å². The van der Waals surface area contributed by atoms with Crippen molar-refractivity contribution in [3.05, 3.63) is 36.0 Å². The first-order valence-corrected chi connectivity index (χ1v) is 5.58. The molecule has 0 spiro atoms. The number of para-hydroxylation sites is 1. The van der Waals surface area contributed by atoms with Crippen LogP contribution in [0.5, 0.6) is 0 Å². The first-order chi connectivity index (χ1) is 8.24. The van der Waals surface area contributed by atoms with Crippen molar-refractivity contribution in [3.8, 4) is 0 Å². The van der Waals surface area contributed by atoms with Crippen LogP contribution in [-0.4, -0.2) is 28.1 Å². The second-order valence-electron chi connectivity index (χ2n) is 4.32. The van der Waals surface area contributed by atoms with Gasteiger partial charge in [-0.05, 0) is 17.0 Å². The average molecular weight is 228 g/mol. The van der Waals surface area contributed by atoms with Gasteiger partial charge >= 0.3 is 0 Å². The van der Waals surface area contributed by atoms with Gasteiger partial charge in [-0.1, -0.05) is 18.2 Å². The average Bonchev–Trinajstić information content (AvgIpc) is 2.87. The number of nitrogens with zero attached hydrogens (tertiary/aromatic N) is 1. The first-order valence-electron chi connectivity index (χ1n) is 5.58. The van der Waals surface area contributed by atoms with E-state index in [1.807, 2.05) is 30.5 Å². The molecule has 1 saturated heterocycles. The van der Waals surface area contributed by atoms with Crippen LogP contribution in [-0.2, 0) is 16.1 Å². The predicted octanol–water partition coefficient (Wildman–Crippen LogP) is 1.47. The van der Waals surface area contributed by atoms with Crippen LogP contribution >= 0.6 is 0 Å². The molecule has 0 radical (unpaired) electrons. The van der Waals surface area contributed by atoms with Crippen LogP contribution in [0.15, 0.2) is 30.5 Å². The third kappa shape index (κ3) is 1.71. The summed E-state index contributed by atoms with van der Waals surface area (Å²) in [7, 11) is 0. The van der Waals surface area contributed by atoms with E-state index in [0.717, 1.165) is 16.5 Å². The summed E-state index contributed by atoms with van der Waals surface area (Å²) in [5.41, 5.74) is 2.09. The second kappa shape index (κ2) is 3.73. The molecule has 0 saturated carbocycles. The number of carbonyl (C=O) groups excluding carboxylic acids is 2. The van der Waals surface area contributed by atoms with Gasteiger partial charge in [0, 0.05) is 12.7 Å². The zero-order valence-electron chi connectivity index (χ0n) is 9.27. The smallest absolute Gasteiger partial charge is 0.230 e. The number of aromatic nitrogens is 1. The summed E-state index contributed by atoms with van der Waals surface area (Å²) in [5, 5.41) is 1.13. The van der Waals surface area contributed by atoms with Crippen LogP contribution in [0.2, 0.25) is 0 Å². The molecule has 1 amide bonds. The van der Waals surface area contributed by atoms with Gasteiger partial charge < -0.3 is 9.88 Å². The largest absolute Gasteiger partial charge is 0.361 e. The monoisotopic (exact) mass is 228 g/mol. The fraction of sp³-hybridized carbons (Fsp3) is 0.231. The van der Waals surface area contributed by atoms with Crippen molar-refractivity contribution in [1.82, 2.24) is 9.88 Å². The maximum atomic E-state index is 11.6. The molecule has 4 nitrogen and oxygen atoms in total. The van der Waals surface area contributed by atoms with Crippen molar-refractivity contribution in [2.24, 2.45) is 0 Å².